The van der Waals surface area contributed by atoms with Gasteiger partial charge in [0.2, 0.25) is 5.95 Å². The molecule has 0 atom stereocenters. The van der Waals surface area contributed by atoms with Crippen LogP contribution in [0.2, 0.25) is 0 Å². The van der Waals surface area contributed by atoms with Crippen molar-refractivity contribution in [2.24, 2.45) is 0 Å². The van der Waals surface area contributed by atoms with E-state index in [0.29, 0.717) is 11.7 Å². The van der Waals surface area contributed by atoms with Crippen LogP contribution in [0, 0.1) is 5.82 Å². The maximum absolute atomic E-state index is 14.5. The normalized spacial score (nSPS) is 12.0. The summed E-state index contributed by atoms with van der Waals surface area (Å²) in [6, 6.07) is 8.84. The predicted octanol–water partition coefficient (Wildman–Crippen LogP) is 3.27. The lowest BCUT2D eigenvalue weighted by Crippen LogP contribution is -2.18. The number of rotatable bonds is 7. The van der Waals surface area contributed by atoms with Crippen molar-refractivity contribution in [2.45, 2.75) is 13.0 Å². The topological polar surface area (TPSA) is 97.4 Å². The first-order valence-electron chi connectivity index (χ1n) is 9.74. The smallest absolute Gasteiger partial charge is 0.251 e. The van der Waals surface area contributed by atoms with Crippen molar-refractivity contribution in [3.8, 4) is 11.5 Å². The van der Waals surface area contributed by atoms with Crippen molar-refractivity contribution in [3.05, 3.63) is 65.2 Å². The summed E-state index contributed by atoms with van der Waals surface area (Å²) in [5.41, 5.74) is 3.74. The fourth-order valence-corrected chi connectivity index (χ4v) is 3.30. The molecule has 0 aliphatic carbocycles. The number of halogens is 1. The van der Waals surface area contributed by atoms with E-state index in [1.165, 1.54) is 44.2 Å². The first-order valence-corrected chi connectivity index (χ1v) is 9.74. The van der Waals surface area contributed by atoms with Crippen molar-refractivity contribution in [3.63, 3.8) is 0 Å². The highest BCUT2D eigenvalue weighted by molar-refractivity contribution is 5.94. The molecular weight excluding hydrogens is 401 g/mol. The van der Waals surface area contributed by atoms with E-state index in [1.807, 2.05) is 12.1 Å². The Kier molecular flexibility index (Phi) is 5.83. The van der Waals surface area contributed by atoms with Gasteiger partial charge >= 0.3 is 0 Å². The van der Waals surface area contributed by atoms with Crippen molar-refractivity contribution < 1.29 is 18.7 Å². The number of fused-ring (bicyclic) bond motifs is 1. The van der Waals surface area contributed by atoms with E-state index in [2.05, 4.69) is 32.0 Å². The highest BCUT2D eigenvalue weighted by Gasteiger charge is 2.16. The molecule has 0 radical (unpaired) electrons. The number of hydrogen-bond acceptors (Lipinski definition) is 7. The summed E-state index contributed by atoms with van der Waals surface area (Å²) in [5, 5.41) is 8.98. The standard InChI is InChI=1S/C22H22FN5O3/c1-24-21(29)14-7-15(20(23)19(8-14)30-2)12-31-17-10-26-22(27-11-17)28-16-4-3-13-5-6-25-18(13)9-16/h3-4,7-11,25H,5-6,12H2,1-2H3,(H,24,29)(H,26,27,28). The number of nitrogens with zero attached hydrogens (tertiary/aromatic N) is 2. The third-order valence-corrected chi connectivity index (χ3v) is 4.92. The van der Waals surface area contributed by atoms with E-state index in [9.17, 15) is 9.18 Å². The molecule has 1 aromatic heterocycles. The van der Waals surface area contributed by atoms with Crippen LogP contribution < -0.4 is 25.4 Å². The summed E-state index contributed by atoms with van der Waals surface area (Å²) in [7, 11) is 2.84. The minimum Gasteiger partial charge on any atom is -0.494 e. The Morgan fingerprint density at radius 2 is 2.03 bits per heavy atom. The number of methoxy groups -OCH3 is 1. The van der Waals surface area contributed by atoms with E-state index < -0.39 is 5.82 Å². The quantitative estimate of drug-likeness (QED) is 0.537. The first-order chi connectivity index (χ1) is 15.1. The number of aromatic nitrogens is 2. The number of carbonyl (C=O) groups excluding carboxylic acids is 1. The zero-order valence-corrected chi connectivity index (χ0v) is 17.2. The molecule has 3 N–H and O–H groups in total. The van der Waals surface area contributed by atoms with Gasteiger partial charge in [-0.3, -0.25) is 4.79 Å². The molecule has 1 aliphatic rings. The lowest BCUT2D eigenvalue weighted by Gasteiger charge is -2.12. The second kappa shape index (κ2) is 8.86. The average molecular weight is 423 g/mol. The van der Waals surface area contributed by atoms with Crippen LogP contribution in [0.1, 0.15) is 21.5 Å². The molecule has 0 bridgehead atoms. The molecule has 3 aromatic rings. The fraction of sp³-hybridized carbons (Fsp3) is 0.227. The number of amides is 1. The van der Waals surface area contributed by atoms with Gasteiger partial charge in [-0.05, 0) is 36.2 Å². The number of benzene rings is 2. The molecule has 1 amide bonds. The maximum Gasteiger partial charge on any atom is 0.251 e. The molecule has 31 heavy (non-hydrogen) atoms. The van der Waals surface area contributed by atoms with Crippen LogP contribution >= 0.6 is 0 Å². The van der Waals surface area contributed by atoms with E-state index >= 15 is 0 Å². The SMILES string of the molecule is CNC(=O)c1cc(COc2cnc(Nc3ccc4c(c3)NCC4)nc2)c(F)c(OC)c1. The van der Waals surface area contributed by atoms with Gasteiger partial charge in [-0.2, -0.15) is 0 Å². The summed E-state index contributed by atoms with van der Waals surface area (Å²) in [5.74, 6) is -0.177. The Hall–Kier alpha value is -3.88. The monoisotopic (exact) mass is 423 g/mol. The second-order valence-electron chi connectivity index (χ2n) is 6.94. The molecule has 0 spiro atoms. The molecule has 0 saturated carbocycles. The largest absolute Gasteiger partial charge is 0.494 e. The Morgan fingerprint density at radius 3 is 2.77 bits per heavy atom. The highest BCUT2D eigenvalue weighted by atomic mass is 19.1. The zero-order chi connectivity index (χ0) is 21.8. The zero-order valence-electron chi connectivity index (χ0n) is 17.2. The number of carbonyl (C=O) groups is 1. The molecule has 9 heteroatoms. The first kappa shape index (κ1) is 20.4. The number of anilines is 3. The molecule has 2 heterocycles. The lowest BCUT2D eigenvalue weighted by molar-refractivity contribution is 0.0962. The van der Waals surface area contributed by atoms with Crippen LogP contribution in [-0.4, -0.2) is 36.6 Å². The van der Waals surface area contributed by atoms with Crippen molar-refractivity contribution >= 4 is 23.2 Å². The number of nitrogens with one attached hydrogen (secondary N) is 3. The summed E-state index contributed by atoms with van der Waals surface area (Å²) >= 11 is 0. The third kappa shape index (κ3) is 4.50. The van der Waals surface area contributed by atoms with E-state index in [0.717, 1.165) is 24.3 Å². The Morgan fingerprint density at radius 1 is 1.23 bits per heavy atom. The average Bonchev–Trinajstić information content (AvgIpc) is 3.26. The molecule has 0 saturated heterocycles. The second-order valence-corrected chi connectivity index (χ2v) is 6.94. The molecular formula is C22H22FN5O3. The van der Waals surface area contributed by atoms with Crippen LogP contribution in [-0.2, 0) is 13.0 Å². The van der Waals surface area contributed by atoms with Gasteiger partial charge in [-0.15, -0.1) is 0 Å². The maximum atomic E-state index is 14.5. The Balaban J connectivity index is 1.43. The van der Waals surface area contributed by atoms with Crippen molar-refractivity contribution in [1.82, 2.24) is 15.3 Å². The summed E-state index contributed by atoms with van der Waals surface area (Å²) in [4.78, 5) is 20.4. The predicted molar refractivity (Wildman–Crippen MR) is 115 cm³/mol. The third-order valence-electron chi connectivity index (χ3n) is 4.92. The summed E-state index contributed by atoms with van der Waals surface area (Å²) in [6.45, 7) is 0.833. The van der Waals surface area contributed by atoms with Crippen LogP contribution in [0.4, 0.5) is 21.7 Å². The molecule has 4 rings (SSSR count). The molecule has 2 aromatic carbocycles. The summed E-state index contributed by atoms with van der Waals surface area (Å²) in [6.07, 6.45) is 4.02. The van der Waals surface area contributed by atoms with Crippen molar-refractivity contribution in [2.75, 3.05) is 31.3 Å². The van der Waals surface area contributed by atoms with Gasteiger partial charge < -0.3 is 25.4 Å². The van der Waals surface area contributed by atoms with Gasteiger partial charge in [0.1, 0.15) is 6.61 Å². The molecule has 0 unspecified atom stereocenters. The van der Waals surface area contributed by atoms with E-state index in [1.54, 1.807) is 0 Å². The van der Waals surface area contributed by atoms with E-state index in [4.69, 9.17) is 9.47 Å². The van der Waals surface area contributed by atoms with Crippen LogP contribution in [0.25, 0.3) is 0 Å². The Labute approximate surface area is 178 Å². The van der Waals surface area contributed by atoms with Gasteiger partial charge in [-0.25, -0.2) is 14.4 Å². The van der Waals surface area contributed by atoms with Crippen LogP contribution in [0.3, 0.4) is 0 Å². The Bertz CT molecular complexity index is 1110. The van der Waals surface area contributed by atoms with Crippen molar-refractivity contribution in [1.29, 1.82) is 0 Å². The molecule has 0 fully saturated rings. The lowest BCUT2D eigenvalue weighted by atomic mass is 10.1. The minimum absolute atomic E-state index is 0.0284. The highest BCUT2D eigenvalue weighted by Crippen LogP contribution is 2.27. The van der Waals surface area contributed by atoms with Crippen LogP contribution in [0.5, 0.6) is 11.5 Å². The van der Waals surface area contributed by atoms with Gasteiger partial charge in [0.25, 0.3) is 5.91 Å². The van der Waals surface area contributed by atoms with Crippen LogP contribution in [0.15, 0.2) is 42.7 Å². The van der Waals surface area contributed by atoms with Gasteiger partial charge in [-0.1, -0.05) is 6.07 Å². The fourth-order valence-electron chi connectivity index (χ4n) is 3.30. The van der Waals surface area contributed by atoms with E-state index in [-0.39, 0.29) is 29.4 Å². The number of hydrogen-bond donors (Lipinski definition) is 3. The molecule has 160 valence electrons. The van der Waals surface area contributed by atoms with Gasteiger partial charge in [0, 0.05) is 36.1 Å². The number of ether oxygens (including phenoxy) is 2. The molecule has 8 nitrogen and oxygen atoms in total. The van der Waals surface area contributed by atoms with Gasteiger partial charge in [0.05, 0.1) is 19.5 Å². The van der Waals surface area contributed by atoms with Gasteiger partial charge in [0.15, 0.2) is 17.3 Å². The molecule has 1 aliphatic heterocycles. The minimum atomic E-state index is -0.584. The summed E-state index contributed by atoms with van der Waals surface area (Å²) < 4.78 is 25.2.